The van der Waals surface area contributed by atoms with Crippen molar-refractivity contribution < 1.29 is 9.47 Å². The van der Waals surface area contributed by atoms with Crippen molar-refractivity contribution in [2.24, 2.45) is 11.8 Å². The van der Waals surface area contributed by atoms with Gasteiger partial charge in [0.25, 0.3) is 0 Å². The quantitative estimate of drug-likeness (QED) is 0.583. The van der Waals surface area contributed by atoms with Crippen LogP contribution >= 0.6 is 0 Å². The molecule has 4 heteroatoms. The van der Waals surface area contributed by atoms with Crippen molar-refractivity contribution in [2.75, 3.05) is 20.3 Å². The summed E-state index contributed by atoms with van der Waals surface area (Å²) in [7, 11) is 1.69. The molecule has 19 heavy (non-hydrogen) atoms. The fourth-order valence-corrected chi connectivity index (χ4v) is 2.57. The molecule has 1 aromatic rings. The number of aryl methyl sites for hydroxylation is 1. The van der Waals surface area contributed by atoms with Crippen molar-refractivity contribution in [3.63, 3.8) is 0 Å². The van der Waals surface area contributed by atoms with Crippen LogP contribution in [-0.4, -0.2) is 26.4 Å². The lowest BCUT2D eigenvalue weighted by atomic mass is 9.95. The van der Waals surface area contributed by atoms with Gasteiger partial charge in [0, 0.05) is 19.3 Å². The number of hydrogen-bond acceptors (Lipinski definition) is 4. The summed E-state index contributed by atoms with van der Waals surface area (Å²) in [5, 5.41) is 0. The predicted octanol–water partition coefficient (Wildman–Crippen LogP) is 1.89. The van der Waals surface area contributed by atoms with Gasteiger partial charge in [-0.3, -0.25) is 11.3 Å². The molecule has 1 aliphatic rings. The van der Waals surface area contributed by atoms with Crippen LogP contribution in [0.4, 0.5) is 0 Å². The van der Waals surface area contributed by atoms with E-state index >= 15 is 0 Å². The number of rotatable bonds is 7. The van der Waals surface area contributed by atoms with Crippen LogP contribution in [0.25, 0.3) is 0 Å². The Hall–Kier alpha value is -1.10. The lowest BCUT2D eigenvalue weighted by Crippen LogP contribution is -2.37. The van der Waals surface area contributed by atoms with E-state index in [2.05, 4.69) is 17.6 Å². The fraction of sp³-hybridized carbons (Fsp3) is 0.600. The van der Waals surface area contributed by atoms with Gasteiger partial charge in [-0.2, -0.15) is 0 Å². The Balaban J connectivity index is 1.77. The van der Waals surface area contributed by atoms with Gasteiger partial charge in [-0.05, 0) is 49.3 Å². The molecule has 2 unspecified atom stereocenters. The molecule has 4 nitrogen and oxygen atoms in total. The highest BCUT2D eigenvalue weighted by molar-refractivity contribution is 5.27. The molecule has 0 aromatic heterocycles. The molecule has 2 rings (SSSR count). The predicted molar refractivity (Wildman–Crippen MR) is 76.0 cm³/mol. The van der Waals surface area contributed by atoms with Crippen LogP contribution in [-0.2, 0) is 11.2 Å². The summed E-state index contributed by atoms with van der Waals surface area (Å²) in [5.74, 6) is 7.22. The summed E-state index contributed by atoms with van der Waals surface area (Å²) >= 11 is 0. The van der Waals surface area contributed by atoms with Gasteiger partial charge >= 0.3 is 0 Å². The Morgan fingerprint density at radius 1 is 1.42 bits per heavy atom. The molecule has 0 bridgehead atoms. The van der Waals surface area contributed by atoms with E-state index in [4.69, 9.17) is 15.3 Å². The summed E-state index contributed by atoms with van der Waals surface area (Å²) < 4.78 is 10.6. The van der Waals surface area contributed by atoms with E-state index in [0.717, 1.165) is 38.2 Å². The van der Waals surface area contributed by atoms with Crippen LogP contribution in [0.2, 0.25) is 0 Å². The zero-order chi connectivity index (χ0) is 13.5. The Morgan fingerprint density at radius 2 is 2.21 bits per heavy atom. The molecule has 1 saturated heterocycles. The van der Waals surface area contributed by atoms with Crippen LogP contribution < -0.4 is 16.0 Å². The molecule has 0 radical (unpaired) electrons. The molecule has 2 atom stereocenters. The number of benzene rings is 1. The van der Waals surface area contributed by atoms with Crippen LogP contribution in [0.15, 0.2) is 24.3 Å². The SMILES string of the molecule is COc1ccc(CCC(CC2CCOC2)NN)cc1. The van der Waals surface area contributed by atoms with Crippen molar-refractivity contribution in [1.82, 2.24) is 5.43 Å². The van der Waals surface area contributed by atoms with Gasteiger partial charge in [0.05, 0.1) is 7.11 Å². The molecule has 1 fully saturated rings. The summed E-state index contributed by atoms with van der Waals surface area (Å²) in [6, 6.07) is 8.61. The first-order valence-electron chi connectivity index (χ1n) is 6.98. The lowest BCUT2D eigenvalue weighted by molar-refractivity contribution is 0.181. The third-order valence-electron chi connectivity index (χ3n) is 3.82. The van der Waals surface area contributed by atoms with Crippen molar-refractivity contribution in [3.05, 3.63) is 29.8 Å². The van der Waals surface area contributed by atoms with Gasteiger partial charge in [0.1, 0.15) is 5.75 Å². The van der Waals surface area contributed by atoms with Gasteiger partial charge in [0.15, 0.2) is 0 Å². The smallest absolute Gasteiger partial charge is 0.118 e. The lowest BCUT2D eigenvalue weighted by Gasteiger charge is -2.19. The van der Waals surface area contributed by atoms with Gasteiger partial charge < -0.3 is 9.47 Å². The maximum absolute atomic E-state index is 5.65. The van der Waals surface area contributed by atoms with E-state index in [-0.39, 0.29) is 0 Å². The van der Waals surface area contributed by atoms with E-state index in [1.54, 1.807) is 7.11 Å². The topological polar surface area (TPSA) is 56.5 Å². The van der Waals surface area contributed by atoms with Gasteiger partial charge in [-0.1, -0.05) is 12.1 Å². The Bertz CT molecular complexity index is 361. The summed E-state index contributed by atoms with van der Waals surface area (Å²) in [4.78, 5) is 0. The zero-order valence-electron chi connectivity index (χ0n) is 11.6. The number of ether oxygens (including phenoxy) is 2. The highest BCUT2D eigenvalue weighted by Gasteiger charge is 2.19. The molecule has 1 aromatic carbocycles. The average Bonchev–Trinajstić information content (AvgIpc) is 2.97. The largest absolute Gasteiger partial charge is 0.497 e. The fourth-order valence-electron chi connectivity index (χ4n) is 2.57. The van der Waals surface area contributed by atoms with Crippen LogP contribution in [0, 0.1) is 5.92 Å². The summed E-state index contributed by atoms with van der Waals surface area (Å²) in [5.41, 5.74) is 4.26. The number of hydrazine groups is 1. The van der Waals surface area contributed by atoms with Crippen LogP contribution in [0.1, 0.15) is 24.8 Å². The van der Waals surface area contributed by atoms with E-state index in [1.807, 2.05) is 12.1 Å². The molecule has 0 saturated carbocycles. The minimum Gasteiger partial charge on any atom is -0.497 e. The summed E-state index contributed by atoms with van der Waals surface area (Å²) in [6.45, 7) is 1.79. The average molecular weight is 264 g/mol. The molecular weight excluding hydrogens is 240 g/mol. The third kappa shape index (κ3) is 4.49. The number of methoxy groups -OCH3 is 1. The highest BCUT2D eigenvalue weighted by atomic mass is 16.5. The number of hydrogen-bond donors (Lipinski definition) is 2. The first kappa shape index (κ1) is 14.3. The summed E-state index contributed by atoms with van der Waals surface area (Å²) in [6.07, 6.45) is 4.36. The van der Waals surface area contributed by atoms with Crippen LogP contribution in [0.3, 0.4) is 0 Å². The Morgan fingerprint density at radius 3 is 2.79 bits per heavy atom. The molecule has 1 aliphatic heterocycles. The minimum atomic E-state index is 0.369. The van der Waals surface area contributed by atoms with Gasteiger partial charge in [-0.25, -0.2) is 0 Å². The monoisotopic (exact) mass is 264 g/mol. The second-order valence-electron chi connectivity index (χ2n) is 5.22. The minimum absolute atomic E-state index is 0.369. The third-order valence-corrected chi connectivity index (χ3v) is 3.82. The maximum Gasteiger partial charge on any atom is 0.118 e. The van der Waals surface area contributed by atoms with Crippen molar-refractivity contribution in [2.45, 2.75) is 31.7 Å². The standard InChI is InChI=1S/C15H24N2O2/c1-18-15-6-3-12(4-7-15)2-5-14(17-16)10-13-8-9-19-11-13/h3-4,6-7,13-14,17H,2,5,8-11,16H2,1H3. The highest BCUT2D eigenvalue weighted by Crippen LogP contribution is 2.20. The zero-order valence-corrected chi connectivity index (χ0v) is 11.6. The molecule has 0 aliphatic carbocycles. The number of nitrogens with two attached hydrogens (primary N) is 1. The number of nitrogens with one attached hydrogen (secondary N) is 1. The van der Waals surface area contributed by atoms with E-state index in [0.29, 0.717) is 12.0 Å². The first-order chi connectivity index (χ1) is 9.31. The first-order valence-corrected chi connectivity index (χ1v) is 6.98. The van der Waals surface area contributed by atoms with Gasteiger partial charge in [-0.15, -0.1) is 0 Å². The van der Waals surface area contributed by atoms with Gasteiger partial charge in [0.2, 0.25) is 0 Å². The molecule has 0 spiro atoms. The molecule has 1 heterocycles. The van der Waals surface area contributed by atoms with Crippen molar-refractivity contribution in [3.8, 4) is 5.75 Å². The maximum atomic E-state index is 5.65. The second kappa shape index (κ2) is 7.48. The Labute approximate surface area is 115 Å². The second-order valence-corrected chi connectivity index (χ2v) is 5.22. The van der Waals surface area contributed by atoms with Crippen molar-refractivity contribution >= 4 is 0 Å². The molecule has 0 amide bonds. The molecule has 3 N–H and O–H groups in total. The van der Waals surface area contributed by atoms with Crippen molar-refractivity contribution in [1.29, 1.82) is 0 Å². The van der Waals surface area contributed by atoms with E-state index in [1.165, 1.54) is 12.0 Å². The van der Waals surface area contributed by atoms with E-state index in [9.17, 15) is 0 Å². The molecule has 106 valence electrons. The van der Waals surface area contributed by atoms with Crippen LogP contribution in [0.5, 0.6) is 5.75 Å². The molecular formula is C15H24N2O2. The normalized spacial score (nSPS) is 20.4. The Kier molecular flexibility index (Phi) is 5.63. The van der Waals surface area contributed by atoms with E-state index < -0.39 is 0 Å².